The van der Waals surface area contributed by atoms with Gasteiger partial charge in [-0.15, -0.1) is 0 Å². The summed E-state index contributed by atoms with van der Waals surface area (Å²) in [7, 11) is 0. The van der Waals surface area contributed by atoms with Crippen molar-refractivity contribution < 1.29 is 5.11 Å². The number of aromatic nitrogens is 4. The van der Waals surface area contributed by atoms with Gasteiger partial charge >= 0.3 is 0 Å². The summed E-state index contributed by atoms with van der Waals surface area (Å²) in [5.41, 5.74) is 0.349. The predicted molar refractivity (Wildman–Crippen MR) is 66.3 cm³/mol. The number of aliphatic hydroxyl groups excluding tert-OH is 1. The fourth-order valence-electron chi connectivity index (χ4n) is 2.57. The van der Waals surface area contributed by atoms with Crippen LogP contribution in [0.4, 0.5) is 0 Å². The van der Waals surface area contributed by atoms with Gasteiger partial charge in [-0.25, -0.2) is 9.67 Å². The maximum Gasteiger partial charge on any atom is 0.262 e. The normalized spacial score (nSPS) is 18.6. The van der Waals surface area contributed by atoms with Gasteiger partial charge in [0.05, 0.1) is 12.2 Å². The molecule has 96 valence electrons. The van der Waals surface area contributed by atoms with Crippen molar-refractivity contribution in [1.29, 1.82) is 0 Å². The van der Waals surface area contributed by atoms with Gasteiger partial charge in [-0.3, -0.25) is 4.79 Å². The molecule has 1 fully saturated rings. The summed E-state index contributed by atoms with van der Waals surface area (Å²) in [5.74, 6) is 0.298. The number of aliphatic hydroxyl groups is 1. The molecule has 1 aliphatic rings. The van der Waals surface area contributed by atoms with Crippen LogP contribution < -0.4 is 5.56 Å². The summed E-state index contributed by atoms with van der Waals surface area (Å²) in [6.07, 6.45) is 5.32. The first kappa shape index (κ1) is 11.4. The molecular formula is C12H16N4O2. The molecule has 1 atom stereocenters. The minimum absolute atomic E-state index is 0.236. The molecule has 18 heavy (non-hydrogen) atoms. The van der Waals surface area contributed by atoms with Crippen molar-refractivity contribution in [3.63, 3.8) is 0 Å². The molecule has 6 heteroatoms. The predicted octanol–water partition coefficient (Wildman–Crippen LogP) is 1.29. The Morgan fingerprint density at radius 3 is 2.89 bits per heavy atom. The molecule has 0 amide bonds. The van der Waals surface area contributed by atoms with Gasteiger partial charge < -0.3 is 10.1 Å². The van der Waals surface area contributed by atoms with Crippen LogP contribution in [0.25, 0.3) is 11.0 Å². The zero-order valence-electron chi connectivity index (χ0n) is 10.3. The lowest BCUT2D eigenvalue weighted by atomic mass is 10.2. The molecule has 1 saturated carbocycles. The molecule has 0 spiro atoms. The third-order valence-corrected chi connectivity index (χ3v) is 3.55. The Balaban J connectivity index is 2.18. The highest BCUT2D eigenvalue weighted by molar-refractivity contribution is 5.73. The molecule has 0 radical (unpaired) electrons. The van der Waals surface area contributed by atoms with E-state index in [1.54, 1.807) is 13.1 Å². The van der Waals surface area contributed by atoms with Crippen LogP contribution in [0.2, 0.25) is 0 Å². The number of aromatic amines is 1. The van der Waals surface area contributed by atoms with E-state index >= 15 is 0 Å². The van der Waals surface area contributed by atoms with Crippen molar-refractivity contribution in [2.24, 2.45) is 0 Å². The maximum absolute atomic E-state index is 11.9. The van der Waals surface area contributed by atoms with Crippen LogP contribution in [0.1, 0.15) is 50.6 Å². The van der Waals surface area contributed by atoms with Crippen molar-refractivity contribution in [1.82, 2.24) is 19.7 Å². The first-order valence-electron chi connectivity index (χ1n) is 6.32. The molecule has 0 unspecified atom stereocenters. The summed E-state index contributed by atoms with van der Waals surface area (Å²) in [6, 6.07) is 0.332. The fourth-order valence-corrected chi connectivity index (χ4v) is 2.57. The minimum Gasteiger partial charge on any atom is -0.385 e. The van der Waals surface area contributed by atoms with Crippen molar-refractivity contribution in [3.8, 4) is 0 Å². The van der Waals surface area contributed by atoms with Crippen LogP contribution >= 0.6 is 0 Å². The van der Waals surface area contributed by atoms with Gasteiger partial charge in [-0.05, 0) is 19.8 Å². The van der Waals surface area contributed by atoms with Crippen molar-refractivity contribution in [2.45, 2.75) is 44.8 Å². The third kappa shape index (κ3) is 1.73. The zero-order chi connectivity index (χ0) is 12.7. The average molecular weight is 248 g/mol. The fraction of sp³-hybridized carbons (Fsp3) is 0.583. The van der Waals surface area contributed by atoms with Crippen LogP contribution in [-0.4, -0.2) is 24.9 Å². The maximum atomic E-state index is 11.9. The Labute approximate surface area is 104 Å². The second-order valence-corrected chi connectivity index (χ2v) is 4.89. The van der Waals surface area contributed by atoms with Crippen molar-refractivity contribution in [3.05, 3.63) is 22.4 Å². The molecule has 2 aromatic heterocycles. The molecule has 0 saturated heterocycles. The van der Waals surface area contributed by atoms with Crippen LogP contribution in [0.15, 0.2) is 11.0 Å². The lowest BCUT2D eigenvalue weighted by Crippen LogP contribution is -2.15. The first-order valence-corrected chi connectivity index (χ1v) is 6.32. The van der Waals surface area contributed by atoms with E-state index in [1.165, 1.54) is 12.8 Å². The SMILES string of the molecule is C[C@H](O)c1nc2c(cnn2C2CCCC2)c(=O)[nH]1. The van der Waals surface area contributed by atoms with Gasteiger partial charge in [-0.2, -0.15) is 5.10 Å². The average Bonchev–Trinajstić information content (AvgIpc) is 2.96. The Morgan fingerprint density at radius 2 is 2.22 bits per heavy atom. The zero-order valence-corrected chi connectivity index (χ0v) is 10.3. The van der Waals surface area contributed by atoms with E-state index in [0.717, 1.165) is 12.8 Å². The molecular weight excluding hydrogens is 232 g/mol. The first-order chi connectivity index (χ1) is 8.66. The Bertz CT molecular complexity index is 623. The molecule has 2 heterocycles. The van der Waals surface area contributed by atoms with Gasteiger partial charge in [0.1, 0.15) is 17.3 Å². The molecule has 0 aliphatic heterocycles. The molecule has 0 aromatic carbocycles. The van der Waals surface area contributed by atoms with E-state index in [2.05, 4.69) is 15.1 Å². The lowest BCUT2D eigenvalue weighted by molar-refractivity contribution is 0.189. The van der Waals surface area contributed by atoms with E-state index < -0.39 is 6.10 Å². The van der Waals surface area contributed by atoms with Gasteiger partial charge in [-0.1, -0.05) is 12.8 Å². The Hall–Kier alpha value is -1.69. The number of H-pyrrole nitrogens is 1. The Kier molecular flexibility index (Phi) is 2.66. The second kappa shape index (κ2) is 4.20. The topological polar surface area (TPSA) is 83.8 Å². The third-order valence-electron chi connectivity index (χ3n) is 3.55. The molecule has 0 bridgehead atoms. The van der Waals surface area contributed by atoms with Crippen molar-refractivity contribution >= 4 is 11.0 Å². The van der Waals surface area contributed by atoms with Gasteiger partial charge in [0.15, 0.2) is 5.65 Å². The van der Waals surface area contributed by atoms with Crippen LogP contribution in [0.3, 0.4) is 0 Å². The van der Waals surface area contributed by atoms with Gasteiger partial charge in [0.2, 0.25) is 0 Å². The molecule has 3 rings (SSSR count). The standard InChI is InChI=1S/C12H16N4O2/c1-7(17)10-14-11-9(12(18)15-10)6-13-16(11)8-4-2-3-5-8/h6-8,17H,2-5H2,1H3,(H,14,15,18)/t7-/m0/s1. The van der Waals surface area contributed by atoms with Gasteiger partial charge in [0, 0.05) is 0 Å². The highest BCUT2D eigenvalue weighted by Crippen LogP contribution is 2.30. The highest BCUT2D eigenvalue weighted by atomic mass is 16.3. The lowest BCUT2D eigenvalue weighted by Gasteiger charge is -2.11. The number of rotatable bonds is 2. The molecule has 2 N–H and O–H groups in total. The molecule has 1 aliphatic carbocycles. The minimum atomic E-state index is -0.783. The van der Waals surface area contributed by atoms with E-state index in [9.17, 15) is 9.90 Å². The van der Waals surface area contributed by atoms with Gasteiger partial charge in [0.25, 0.3) is 5.56 Å². The van der Waals surface area contributed by atoms with Crippen LogP contribution in [-0.2, 0) is 0 Å². The number of nitrogens with zero attached hydrogens (tertiary/aromatic N) is 3. The Morgan fingerprint density at radius 1 is 1.50 bits per heavy atom. The van der Waals surface area contributed by atoms with E-state index in [0.29, 0.717) is 22.9 Å². The molecule has 2 aromatic rings. The van der Waals surface area contributed by atoms with Crippen molar-refractivity contribution in [2.75, 3.05) is 0 Å². The second-order valence-electron chi connectivity index (χ2n) is 4.89. The summed E-state index contributed by atoms with van der Waals surface area (Å²) >= 11 is 0. The van der Waals surface area contributed by atoms with Crippen LogP contribution in [0, 0.1) is 0 Å². The summed E-state index contributed by atoms with van der Waals surface area (Å²) in [4.78, 5) is 18.8. The largest absolute Gasteiger partial charge is 0.385 e. The summed E-state index contributed by atoms with van der Waals surface area (Å²) in [5, 5.41) is 14.3. The highest BCUT2D eigenvalue weighted by Gasteiger charge is 2.21. The van der Waals surface area contributed by atoms with E-state index in [4.69, 9.17) is 0 Å². The van der Waals surface area contributed by atoms with E-state index in [-0.39, 0.29) is 5.56 Å². The molecule has 6 nitrogen and oxygen atoms in total. The van der Waals surface area contributed by atoms with E-state index in [1.807, 2.05) is 4.68 Å². The number of hydrogen-bond acceptors (Lipinski definition) is 4. The smallest absolute Gasteiger partial charge is 0.262 e. The monoisotopic (exact) mass is 248 g/mol. The summed E-state index contributed by atoms with van der Waals surface area (Å²) < 4.78 is 1.84. The number of hydrogen-bond donors (Lipinski definition) is 2. The number of fused-ring (bicyclic) bond motifs is 1. The quantitative estimate of drug-likeness (QED) is 0.838. The number of nitrogens with one attached hydrogen (secondary N) is 1. The summed E-state index contributed by atoms with van der Waals surface area (Å²) in [6.45, 7) is 1.58. The van der Waals surface area contributed by atoms with Crippen LogP contribution in [0.5, 0.6) is 0 Å².